The molecule has 134 valence electrons. The molecular formula is C18H24N4O2S. The number of benzene rings is 1. The van der Waals surface area contributed by atoms with E-state index in [4.69, 9.17) is 0 Å². The number of nitrogens with one attached hydrogen (secondary N) is 1. The van der Waals surface area contributed by atoms with Gasteiger partial charge in [-0.05, 0) is 43.9 Å². The monoisotopic (exact) mass is 360 g/mol. The van der Waals surface area contributed by atoms with Crippen molar-refractivity contribution in [3.05, 3.63) is 24.4 Å². The van der Waals surface area contributed by atoms with Gasteiger partial charge in [-0.15, -0.1) is 0 Å². The molecule has 0 bridgehead atoms. The fourth-order valence-electron chi connectivity index (χ4n) is 3.75. The van der Waals surface area contributed by atoms with E-state index in [1.54, 1.807) is 28.7 Å². The highest BCUT2D eigenvalue weighted by atomic mass is 32.2. The second-order valence-corrected chi connectivity index (χ2v) is 8.93. The number of aromatic nitrogens is 2. The highest BCUT2D eigenvalue weighted by Crippen LogP contribution is 2.25. The molecule has 1 aliphatic heterocycles. The topological polar surface area (TPSA) is 75.2 Å². The minimum Gasteiger partial charge on any atom is -0.366 e. The molecule has 1 aromatic heterocycles. The summed E-state index contributed by atoms with van der Waals surface area (Å²) in [6, 6.07) is 5.54. The van der Waals surface area contributed by atoms with Crippen molar-refractivity contribution in [1.29, 1.82) is 0 Å². The van der Waals surface area contributed by atoms with Crippen molar-refractivity contribution >= 4 is 26.9 Å². The molecule has 7 heteroatoms. The molecule has 2 aromatic rings. The molecular weight excluding hydrogens is 336 g/mol. The molecule has 1 aromatic carbocycles. The standard InChI is InChI=1S/C18H24N4O2S/c23-25(24,22-10-4-1-5-11-22)15-8-9-16-17(12-15)19-13-18(21-16)20-14-6-2-3-7-14/h8-9,12-14H,1-7,10-11H2,(H,20,21). The van der Waals surface area contributed by atoms with E-state index in [9.17, 15) is 8.42 Å². The molecule has 1 saturated heterocycles. The molecule has 1 aliphatic carbocycles. The van der Waals surface area contributed by atoms with Crippen LogP contribution in [0.2, 0.25) is 0 Å². The molecule has 2 fully saturated rings. The smallest absolute Gasteiger partial charge is 0.243 e. The van der Waals surface area contributed by atoms with Crippen molar-refractivity contribution in [1.82, 2.24) is 14.3 Å². The van der Waals surface area contributed by atoms with Crippen molar-refractivity contribution in [2.75, 3.05) is 18.4 Å². The highest BCUT2D eigenvalue weighted by molar-refractivity contribution is 7.89. The maximum atomic E-state index is 12.8. The lowest BCUT2D eigenvalue weighted by molar-refractivity contribution is 0.346. The van der Waals surface area contributed by atoms with Gasteiger partial charge in [0.1, 0.15) is 5.82 Å². The minimum absolute atomic E-state index is 0.313. The fraction of sp³-hybridized carbons (Fsp3) is 0.556. The van der Waals surface area contributed by atoms with Gasteiger partial charge < -0.3 is 5.32 Å². The third kappa shape index (κ3) is 3.48. The van der Waals surface area contributed by atoms with Crippen LogP contribution in [0.4, 0.5) is 5.82 Å². The largest absolute Gasteiger partial charge is 0.366 e. The normalized spacial score (nSPS) is 20.2. The molecule has 1 N–H and O–H groups in total. The zero-order chi connectivity index (χ0) is 17.3. The van der Waals surface area contributed by atoms with Crippen LogP contribution in [-0.2, 0) is 10.0 Å². The van der Waals surface area contributed by atoms with Gasteiger partial charge in [-0.1, -0.05) is 19.3 Å². The molecule has 6 nitrogen and oxygen atoms in total. The van der Waals surface area contributed by atoms with Gasteiger partial charge in [-0.3, -0.25) is 4.98 Å². The molecule has 0 atom stereocenters. The third-order valence-corrected chi connectivity index (χ3v) is 7.07. The lowest BCUT2D eigenvalue weighted by Crippen LogP contribution is -2.35. The number of hydrogen-bond donors (Lipinski definition) is 1. The lowest BCUT2D eigenvalue weighted by Gasteiger charge is -2.25. The zero-order valence-electron chi connectivity index (χ0n) is 14.3. The summed E-state index contributed by atoms with van der Waals surface area (Å²) in [6.07, 6.45) is 9.54. The Balaban J connectivity index is 1.59. The first-order valence-corrected chi connectivity index (χ1v) is 10.6. The quantitative estimate of drug-likeness (QED) is 0.906. The van der Waals surface area contributed by atoms with Crippen LogP contribution in [0.15, 0.2) is 29.3 Å². The summed E-state index contributed by atoms with van der Waals surface area (Å²) in [4.78, 5) is 9.34. The van der Waals surface area contributed by atoms with Gasteiger partial charge in [-0.25, -0.2) is 13.4 Å². The Bertz CT molecular complexity index is 857. The average Bonchev–Trinajstić information content (AvgIpc) is 3.15. The maximum absolute atomic E-state index is 12.8. The molecule has 0 amide bonds. The van der Waals surface area contributed by atoms with Crippen molar-refractivity contribution in [3.8, 4) is 0 Å². The minimum atomic E-state index is -3.43. The van der Waals surface area contributed by atoms with Gasteiger partial charge in [-0.2, -0.15) is 4.31 Å². The van der Waals surface area contributed by atoms with Crippen molar-refractivity contribution in [3.63, 3.8) is 0 Å². The van der Waals surface area contributed by atoms with Crippen LogP contribution >= 0.6 is 0 Å². The first-order valence-electron chi connectivity index (χ1n) is 9.16. The van der Waals surface area contributed by atoms with Crippen molar-refractivity contribution < 1.29 is 8.42 Å². The number of sulfonamides is 1. The zero-order valence-corrected chi connectivity index (χ0v) is 15.1. The fourth-order valence-corrected chi connectivity index (χ4v) is 5.29. The van der Waals surface area contributed by atoms with E-state index in [0.29, 0.717) is 29.5 Å². The average molecular weight is 360 g/mol. The summed E-state index contributed by atoms with van der Waals surface area (Å²) < 4.78 is 27.2. The van der Waals surface area contributed by atoms with Crippen LogP contribution in [0.5, 0.6) is 0 Å². The summed E-state index contributed by atoms with van der Waals surface area (Å²) in [5, 5.41) is 3.43. The van der Waals surface area contributed by atoms with Crippen LogP contribution in [0.25, 0.3) is 11.0 Å². The molecule has 0 spiro atoms. The van der Waals surface area contributed by atoms with E-state index in [-0.39, 0.29) is 0 Å². The summed E-state index contributed by atoms with van der Waals surface area (Å²) in [5.41, 5.74) is 1.34. The Morgan fingerprint density at radius 2 is 1.76 bits per heavy atom. The SMILES string of the molecule is O=S(=O)(c1ccc2nc(NC3CCCC3)cnc2c1)N1CCCCC1. The highest BCUT2D eigenvalue weighted by Gasteiger charge is 2.26. The van der Waals surface area contributed by atoms with E-state index < -0.39 is 10.0 Å². The van der Waals surface area contributed by atoms with Gasteiger partial charge >= 0.3 is 0 Å². The Morgan fingerprint density at radius 3 is 2.52 bits per heavy atom. The van der Waals surface area contributed by atoms with Gasteiger partial charge in [0.15, 0.2) is 0 Å². The van der Waals surface area contributed by atoms with Gasteiger partial charge in [0.05, 0.1) is 22.1 Å². The van der Waals surface area contributed by atoms with Crippen molar-refractivity contribution in [2.24, 2.45) is 0 Å². The first kappa shape index (κ1) is 16.7. The molecule has 2 aliphatic rings. The Kier molecular flexibility index (Phi) is 4.60. The van der Waals surface area contributed by atoms with E-state index in [1.165, 1.54) is 25.7 Å². The van der Waals surface area contributed by atoms with E-state index >= 15 is 0 Å². The van der Waals surface area contributed by atoms with Gasteiger partial charge in [0.2, 0.25) is 10.0 Å². The van der Waals surface area contributed by atoms with Crippen molar-refractivity contribution in [2.45, 2.75) is 55.9 Å². The Hall–Kier alpha value is -1.73. The molecule has 25 heavy (non-hydrogen) atoms. The van der Waals surface area contributed by atoms with Crippen LogP contribution in [0, 0.1) is 0 Å². The van der Waals surface area contributed by atoms with E-state index in [2.05, 4.69) is 15.3 Å². The number of nitrogens with zero attached hydrogens (tertiary/aromatic N) is 3. The van der Waals surface area contributed by atoms with Crippen LogP contribution < -0.4 is 5.32 Å². The Labute approximate surface area is 148 Å². The third-order valence-electron chi connectivity index (χ3n) is 5.17. The molecule has 1 saturated carbocycles. The molecule has 0 unspecified atom stereocenters. The second-order valence-electron chi connectivity index (χ2n) is 7.00. The first-order chi connectivity index (χ1) is 12.1. The predicted octanol–water partition coefficient (Wildman–Crippen LogP) is 3.16. The van der Waals surface area contributed by atoms with Gasteiger partial charge in [0, 0.05) is 19.1 Å². The van der Waals surface area contributed by atoms with Crippen LogP contribution in [-0.4, -0.2) is 41.8 Å². The number of fused-ring (bicyclic) bond motifs is 1. The number of hydrogen-bond acceptors (Lipinski definition) is 5. The maximum Gasteiger partial charge on any atom is 0.243 e. The molecule has 4 rings (SSSR count). The van der Waals surface area contributed by atoms with Gasteiger partial charge in [0.25, 0.3) is 0 Å². The summed E-state index contributed by atoms with van der Waals surface area (Å²) in [5.74, 6) is 0.769. The molecule has 2 heterocycles. The van der Waals surface area contributed by atoms with Crippen LogP contribution in [0.3, 0.4) is 0 Å². The van der Waals surface area contributed by atoms with E-state index in [1.807, 2.05) is 0 Å². The number of rotatable bonds is 4. The Morgan fingerprint density at radius 1 is 1.00 bits per heavy atom. The summed E-state index contributed by atoms with van der Waals surface area (Å²) >= 11 is 0. The van der Waals surface area contributed by atoms with E-state index in [0.717, 1.165) is 30.6 Å². The number of anilines is 1. The predicted molar refractivity (Wildman–Crippen MR) is 98.0 cm³/mol. The molecule has 0 radical (unpaired) electrons. The summed E-state index contributed by atoms with van der Waals surface area (Å²) in [6.45, 7) is 1.21. The lowest BCUT2D eigenvalue weighted by atomic mass is 10.2. The number of piperidine rings is 1. The van der Waals surface area contributed by atoms with Crippen LogP contribution in [0.1, 0.15) is 44.9 Å². The summed E-state index contributed by atoms with van der Waals surface area (Å²) in [7, 11) is -3.43. The second kappa shape index (κ2) is 6.88.